The minimum atomic E-state index is -3.93. The summed E-state index contributed by atoms with van der Waals surface area (Å²) >= 11 is 0.844. The van der Waals surface area contributed by atoms with Gasteiger partial charge in [0.15, 0.2) is 0 Å². The molecule has 1 aromatic heterocycles. The average Bonchev–Trinajstić information content (AvgIpc) is 2.78. The molecule has 6 nitrogen and oxygen atoms in total. The lowest BCUT2D eigenvalue weighted by atomic mass is 10.5. The first kappa shape index (κ1) is 14.8. The van der Waals surface area contributed by atoms with Crippen molar-refractivity contribution in [3.63, 3.8) is 0 Å². The summed E-state index contributed by atoms with van der Waals surface area (Å²) in [7, 11) is -3.93. The van der Waals surface area contributed by atoms with Crippen LogP contribution in [0.1, 0.15) is 9.67 Å². The Labute approximate surface area is 109 Å². The Balaban J connectivity index is 3.21. The van der Waals surface area contributed by atoms with Crippen LogP contribution < -0.4 is 0 Å². The van der Waals surface area contributed by atoms with Crippen LogP contribution in [-0.4, -0.2) is 48.6 Å². The maximum absolute atomic E-state index is 12.2. The summed E-state index contributed by atoms with van der Waals surface area (Å²) in [5.41, 5.74) is 0. The van der Waals surface area contributed by atoms with Crippen LogP contribution in [0.2, 0.25) is 0 Å². The zero-order valence-electron chi connectivity index (χ0n) is 9.44. The van der Waals surface area contributed by atoms with Crippen LogP contribution in [0.3, 0.4) is 0 Å². The summed E-state index contributed by atoms with van der Waals surface area (Å²) in [5.74, 6) is -1.29. The number of aliphatic hydroxyl groups is 1. The minimum Gasteiger partial charge on any atom is -0.477 e. The quantitative estimate of drug-likeness (QED) is 0.718. The first-order chi connectivity index (χ1) is 8.45. The number of carboxylic acid groups (broad SMARTS) is 1. The molecule has 18 heavy (non-hydrogen) atoms. The number of hydrogen-bond donors (Lipinski definition) is 2. The molecule has 0 aliphatic rings. The molecule has 0 atom stereocenters. The molecular formula is C10H13NO5S2. The number of nitrogens with zero attached hydrogens (tertiary/aromatic N) is 1. The molecule has 0 unspecified atom stereocenters. The molecule has 0 fully saturated rings. The van der Waals surface area contributed by atoms with Crippen LogP contribution in [0.4, 0.5) is 0 Å². The lowest BCUT2D eigenvalue weighted by Crippen LogP contribution is -2.34. The molecule has 0 saturated carbocycles. The van der Waals surface area contributed by atoms with Crippen LogP contribution in [0.5, 0.6) is 0 Å². The van der Waals surface area contributed by atoms with Crippen molar-refractivity contribution in [3.05, 3.63) is 29.0 Å². The lowest BCUT2D eigenvalue weighted by Gasteiger charge is -2.19. The maximum Gasteiger partial charge on any atom is 0.347 e. The zero-order chi connectivity index (χ0) is 13.8. The number of aliphatic hydroxyl groups excluding tert-OH is 1. The zero-order valence-corrected chi connectivity index (χ0v) is 11.1. The first-order valence-corrected chi connectivity index (χ1v) is 7.29. The number of thiophene rings is 1. The highest BCUT2D eigenvalue weighted by atomic mass is 32.2. The molecule has 0 aliphatic carbocycles. The predicted octanol–water partition coefficient (Wildman–Crippen LogP) is 0.615. The van der Waals surface area contributed by atoms with E-state index in [-0.39, 0.29) is 29.5 Å². The molecule has 1 rings (SSSR count). The maximum atomic E-state index is 12.2. The molecule has 0 saturated heterocycles. The van der Waals surface area contributed by atoms with Crippen molar-refractivity contribution in [1.82, 2.24) is 4.31 Å². The van der Waals surface area contributed by atoms with Crippen molar-refractivity contribution < 1.29 is 23.4 Å². The van der Waals surface area contributed by atoms with Crippen molar-refractivity contribution >= 4 is 27.3 Å². The Morgan fingerprint density at radius 3 is 2.72 bits per heavy atom. The summed E-state index contributed by atoms with van der Waals surface area (Å²) < 4.78 is 25.4. The van der Waals surface area contributed by atoms with E-state index in [0.29, 0.717) is 0 Å². The molecule has 0 aliphatic heterocycles. The van der Waals surface area contributed by atoms with Gasteiger partial charge in [0.05, 0.1) is 6.61 Å². The third-order valence-electron chi connectivity index (χ3n) is 2.12. The van der Waals surface area contributed by atoms with E-state index < -0.39 is 16.0 Å². The molecule has 0 spiro atoms. The molecule has 0 amide bonds. The van der Waals surface area contributed by atoms with Crippen molar-refractivity contribution in [2.45, 2.75) is 4.90 Å². The highest BCUT2D eigenvalue weighted by Crippen LogP contribution is 2.25. The lowest BCUT2D eigenvalue weighted by molar-refractivity contribution is 0.0698. The van der Waals surface area contributed by atoms with Gasteiger partial charge < -0.3 is 10.2 Å². The summed E-state index contributed by atoms with van der Waals surface area (Å²) in [6.07, 6.45) is 1.38. The van der Waals surface area contributed by atoms with E-state index >= 15 is 0 Å². The van der Waals surface area contributed by atoms with Crippen LogP contribution in [0.15, 0.2) is 29.0 Å². The minimum absolute atomic E-state index is 0.0117. The Kier molecular flexibility index (Phi) is 5.03. The predicted molar refractivity (Wildman–Crippen MR) is 67.3 cm³/mol. The fraction of sp³-hybridized carbons (Fsp3) is 0.300. The normalized spacial score (nSPS) is 11.7. The van der Waals surface area contributed by atoms with Crippen molar-refractivity contribution in [1.29, 1.82) is 0 Å². The summed E-state index contributed by atoms with van der Waals surface area (Å²) in [6, 6.07) is 1.25. The van der Waals surface area contributed by atoms with Crippen molar-refractivity contribution in [2.24, 2.45) is 0 Å². The Hall–Kier alpha value is -1.22. The van der Waals surface area contributed by atoms with E-state index in [4.69, 9.17) is 10.2 Å². The molecule has 0 bridgehead atoms. The van der Waals surface area contributed by atoms with Gasteiger partial charge in [0.2, 0.25) is 10.0 Å². The second-order valence-corrected chi connectivity index (χ2v) is 6.12. The van der Waals surface area contributed by atoms with Gasteiger partial charge in [0.1, 0.15) is 9.77 Å². The van der Waals surface area contributed by atoms with E-state index in [1.165, 1.54) is 17.5 Å². The topological polar surface area (TPSA) is 94.9 Å². The first-order valence-electron chi connectivity index (χ1n) is 4.97. The van der Waals surface area contributed by atoms with Crippen LogP contribution >= 0.6 is 11.3 Å². The third-order valence-corrected chi connectivity index (χ3v) is 5.06. The van der Waals surface area contributed by atoms with Gasteiger partial charge in [-0.15, -0.1) is 17.9 Å². The summed E-state index contributed by atoms with van der Waals surface area (Å²) in [6.45, 7) is 2.99. The third kappa shape index (κ3) is 2.96. The highest BCUT2D eigenvalue weighted by molar-refractivity contribution is 7.89. The SMILES string of the molecule is C=CCN(CCO)S(=O)(=O)c1ccsc1C(=O)O. The standard InChI is InChI=1S/C10H13NO5S2/c1-2-4-11(5-6-12)18(15,16)8-3-7-17-9(8)10(13)14/h2-3,7,12H,1,4-6H2,(H,13,14). The van der Waals surface area contributed by atoms with Crippen LogP contribution in [-0.2, 0) is 10.0 Å². The highest BCUT2D eigenvalue weighted by Gasteiger charge is 2.29. The number of carboxylic acids is 1. The van der Waals surface area contributed by atoms with E-state index in [2.05, 4.69) is 6.58 Å². The van der Waals surface area contributed by atoms with Crippen molar-refractivity contribution in [2.75, 3.05) is 19.7 Å². The number of rotatable bonds is 7. The van der Waals surface area contributed by atoms with E-state index in [1.807, 2.05) is 0 Å². The second-order valence-electron chi connectivity index (χ2n) is 3.29. The second kappa shape index (κ2) is 6.10. The van der Waals surface area contributed by atoms with Crippen LogP contribution in [0.25, 0.3) is 0 Å². The Bertz CT molecular complexity index is 534. The number of hydrogen-bond acceptors (Lipinski definition) is 5. The Morgan fingerprint density at radius 1 is 1.56 bits per heavy atom. The number of sulfonamides is 1. The van der Waals surface area contributed by atoms with Gasteiger partial charge in [-0.05, 0) is 11.4 Å². The molecule has 100 valence electrons. The van der Waals surface area contributed by atoms with E-state index in [1.54, 1.807) is 0 Å². The summed E-state index contributed by atoms with van der Waals surface area (Å²) in [4.78, 5) is 10.4. The molecule has 0 aromatic carbocycles. The van der Waals surface area contributed by atoms with Gasteiger partial charge >= 0.3 is 5.97 Å². The van der Waals surface area contributed by atoms with E-state index in [9.17, 15) is 13.2 Å². The van der Waals surface area contributed by atoms with Gasteiger partial charge in [-0.3, -0.25) is 0 Å². The summed E-state index contributed by atoms with van der Waals surface area (Å²) in [5, 5.41) is 19.2. The van der Waals surface area contributed by atoms with Crippen molar-refractivity contribution in [3.8, 4) is 0 Å². The monoisotopic (exact) mass is 291 g/mol. The number of carbonyl (C=O) groups is 1. The largest absolute Gasteiger partial charge is 0.477 e. The molecule has 1 aromatic rings. The van der Waals surface area contributed by atoms with Crippen LogP contribution in [0, 0.1) is 0 Å². The molecule has 1 heterocycles. The van der Waals surface area contributed by atoms with Gasteiger partial charge in [0, 0.05) is 13.1 Å². The van der Waals surface area contributed by atoms with Gasteiger partial charge in [-0.25, -0.2) is 13.2 Å². The molecular weight excluding hydrogens is 278 g/mol. The molecule has 8 heteroatoms. The molecule has 2 N–H and O–H groups in total. The van der Waals surface area contributed by atoms with E-state index in [0.717, 1.165) is 15.6 Å². The fourth-order valence-electron chi connectivity index (χ4n) is 1.36. The fourth-order valence-corrected chi connectivity index (χ4v) is 4.00. The van der Waals surface area contributed by atoms with Gasteiger partial charge in [-0.2, -0.15) is 4.31 Å². The van der Waals surface area contributed by atoms with Gasteiger partial charge in [0.25, 0.3) is 0 Å². The van der Waals surface area contributed by atoms with Gasteiger partial charge in [-0.1, -0.05) is 6.08 Å². The molecule has 0 radical (unpaired) electrons. The average molecular weight is 291 g/mol. The number of aromatic carboxylic acids is 1. The Morgan fingerprint density at radius 2 is 2.22 bits per heavy atom. The smallest absolute Gasteiger partial charge is 0.347 e.